The smallest absolute Gasteiger partial charge is 0.332 e. The van der Waals surface area contributed by atoms with Crippen molar-refractivity contribution in [3.05, 3.63) is 71.4 Å². The second kappa shape index (κ2) is 10.2. The molecule has 0 amide bonds. The van der Waals surface area contributed by atoms with Gasteiger partial charge in [0.1, 0.15) is 26.5 Å². The molecule has 4 nitrogen and oxygen atoms in total. The highest BCUT2D eigenvalue weighted by Crippen LogP contribution is 2.16. The van der Waals surface area contributed by atoms with E-state index in [-0.39, 0.29) is 18.7 Å². The second-order valence-corrected chi connectivity index (χ2v) is 12.0. The number of carbonyl (C=O) groups is 1. The normalized spacial score (nSPS) is 13.1. The average molecular weight is 399 g/mol. The molecule has 150 valence electrons. The summed E-state index contributed by atoms with van der Waals surface area (Å²) in [7, 11) is -0.118. The predicted octanol–water partition coefficient (Wildman–Crippen LogP) is 4.24. The van der Waals surface area contributed by atoms with Crippen LogP contribution in [0.2, 0.25) is 13.1 Å². The van der Waals surface area contributed by atoms with Crippen molar-refractivity contribution in [2.24, 2.45) is 0 Å². The van der Waals surface area contributed by atoms with E-state index in [2.05, 4.69) is 50.4 Å². The van der Waals surface area contributed by atoms with E-state index in [4.69, 9.17) is 14.2 Å². The Morgan fingerprint density at radius 3 is 2.32 bits per heavy atom. The Kier molecular flexibility index (Phi) is 8.02. The third-order valence-corrected chi connectivity index (χ3v) is 8.85. The molecule has 0 bridgehead atoms. The molecule has 0 radical (unpaired) electrons. The van der Waals surface area contributed by atoms with Gasteiger partial charge in [-0.25, -0.2) is 4.79 Å². The highest BCUT2D eigenvalue weighted by molar-refractivity contribution is 6.95. The standard InChI is InChI=1S/C23H30O4Si/c1-18(15-19(2)28(4,5)22-9-7-6-8-10-22)27-23(24)17-26-16-20-11-13-21(25-3)14-12-20/h6-15,18H,16-17H2,1-5H3/b19-15-/t18-/m1/s1. The topological polar surface area (TPSA) is 44.8 Å². The molecule has 28 heavy (non-hydrogen) atoms. The Balaban J connectivity index is 1.83. The lowest BCUT2D eigenvalue weighted by molar-refractivity contribution is -0.152. The van der Waals surface area contributed by atoms with Crippen molar-refractivity contribution in [3.63, 3.8) is 0 Å². The first-order chi connectivity index (χ1) is 13.3. The van der Waals surface area contributed by atoms with Crippen LogP contribution in [-0.4, -0.2) is 33.9 Å². The summed E-state index contributed by atoms with van der Waals surface area (Å²) < 4.78 is 16.1. The lowest BCUT2D eigenvalue weighted by Gasteiger charge is -2.25. The van der Waals surface area contributed by atoms with E-state index in [1.54, 1.807) is 7.11 Å². The molecule has 1 atom stereocenters. The van der Waals surface area contributed by atoms with Crippen molar-refractivity contribution in [1.29, 1.82) is 0 Å². The Hall–Kier alpha value is -2.37. The molecule has 0 fully saturated rings. The van der Waals surface area contributed by atoms with Gasteiger partial charge in [0, 0.05) is 0 Å². The first-order valence-electron chi connectivity index (χ1n) is 9.47. The van der Waals surface area contributed by atoms with E-state index in [1.165, 1.54) is 10.4 Å². The van der Waals surface area contributed by atoms with Crippen molar-refractivity contribution in [1.82, 2.24) is 0 Å². The maximum atomic E-state index is 12.1. The Morgan fingerprint density at radius 1 is 1.07 bits per heavy atom. The van der Waals surface area contributed by atoms with Crippen molar-refractivity contribution >= 4 is 19.2 Å². The fourth-order valence-corrected chi connectivity index (χ4v) is 5.02. The summed E-state index contributed by atoms with van der Waals surface area (Å²) in [6, 6.07) is 18.1. The summed E-state index contributed by atoms with van der Waals surface area (Å²) in [6.45, 7) is 8.92. The van der Waals surface area contributed by atoms with Crippen LogP contribution in [0.1, 0.15) is 19.4 Å². The van der Waals surface area contributed by atoms with Gasteiger partial charge in [-0.2, -0.15) is 0 Å². The second-order valence-electron chi connectivity index (χ2n) is 7.38. The molecule has 0 heterocycles. The number of ether oxygens (including phenoxy) is 3. The summed E-state index contributed by atoms with van der Waals surface area (Å²) in [5.41, 5.74) is 0.980. The fourth-order valence-electron chi connectivity index (χ4n) is 2.89. The number of hydrogen-bond acceptors (Lipinski definition) is 4. The number of hydrogen-bond donors (Lipinski definition) is 0. The summed E-state index contributed by atoms with van der Waals surface area (Å²) in [6.07, 6.45) is 1.77. The number of allylic oxidation sites excluding steroid dienone is 1. The molecule has 0 N–H and O–H groups in total. The number of methoxy groups -OCH3 is 1. The van der Waals surface area contributed by atoms with Gasteiger partial charge in [-0.15, -0.1) is 0 Å². The Labute approximate surface area is 169 Å². The third kappa shape index (κ3) is 6.36. The highest BCUT2D eigenvalue weighted by atomic mass is 28.3. The average Bonchev–Trinajstić information content (AvgIpc) is 2.69. The molecule has 2 aromatic rings. The molecule has 0 saturated carbocycles. The van der Waals surface area contributed by atoms with E-state index >= 15 is 0 Å². The van der Waals surface area contributed by atoms with Gasteiger partial charge in [0.2, 0.25) is 0 Å². The minimum atomic E-state index is -1.75. The molecule has 0 aliphatic rings. The zero-order valence-electron chi connectivity index (χ0n) is 17.4. The molecule has 2 rings (SSSR count). The number of esters is 1. The molecule has 0 aliphatic carbocycles. The summed E-state index contributed by atoms with van der Waals surface area (Å²) in [5.74, 6) is 0.436. The van der Waals surface area contributed by atoms with Crippen LogP contribution in [0.25, 0.3) is 0 Å². The summed E-state index contributed by atoms with van der Waals surface area (Å²) in [4.78, 5) is 12.1. The zero-order valence-corrected chi connectivity index (χ0v) is 18.4. The molecular formula is C23H30O4Si. The number of benzene rings is 2. The van der Waals surface area contributed by atoms with Crippen LogP contribution in [0.3, 0.4) is 0 Å². The SMILES string of the molecule is COc1ccc(COCC(=O)O[C@H](C)/C=C(/C)[Si](C)(C)c2ccccc2)cc1. The maximum absolute atomic E-state index is 12.1. The third-order valence-electron chi connectivity index (χ3n) is 4.93. The van der Waals surface area contributed by atoms with Gasteiger partial charge in [-0.05, 0) is 37.6 Å². The molecular weight excluding hydrogens is 368 g/mol. The lowest BCUT2D eigenvalue weighted by Crippen LogP contribution is -2.43. The maximum Gasteiger partial charge on any atom is 0.332 e. The first-order valence-corrected chi connectivity index (χ1v) is 12.5. The minimum absolute atomic E-state index is 0.0667. The number of carbonyl (C=O) groups excluding carboxylic acids is 1. The van der Waals surface area contributed by atoms with Crippen LogP contribution in [0.4, 0.5) is 0 Å². The van der Waals surface area contributed by atoms with Gasteiger partial charge in [0.15, 0.2) is 0 Å². The fraction of sp³-hybridized carbons (Fsp3) is 0.348. The quantitative estimate of drug-likeness (QED) is 0.468. The largest absolute Gasteiger partial charge is 0.497 e. The van der Waals surface area contributed by atoms with Crippen LogP contribution >= 0.6 is 0 Å². The predicted molar refractivity (Wildman–Crippen MR) is 116 cm³/mol. The van der Waals surface area contributed by atoms with E-state index in [1.807, 2.05) is 37.3 Å². The minimum Gasteiger partial charge on any atom is -0.497 e. The summed E-state index contributed by atoms with van der Waals surface area (Å²) >= 11 is 0. The molecule has 0 unspecified atom stereocenters. The van der Waals surface area contributed by atoms with Gasteiger partial charge in [-0.3, -0.25) is 0 Å². The highest BCUT2D eigenvalue weighted by Gasteiger charge is 2.26. The van der Waals surface area contributed by atoms with Crippen LogP contribution in [-0.2, 0) is 20.9 Å². The van der Waals surface area contributed by atoms with Crippen molar-refractivity contribution in [2.45, 2.75) is 39.7 Å². The van der Waals surface area contributed by atoms with Crippen LogP contribution in [0, 0.1) is 0 Å². The molecule has 0 aliphatic heterocycles. The van der Waals surface area contributed by atoms with Gasteiger partial charge in [0.25, 0.3) is 0 Å². The Morgan fingerprint density at radius 2 is 1.71 bits per heavy atom. The van der Waals surface area contributed by atoms with Crippen molar-refractivity contribution in [2.75, 3.05) is 13.7 Å². The van der Waals surface area contributed by atoms with Crippen LogP contribution in [0.15, 0.2) is 65.9 Å². The molecule has 0 spiro atoms. The van der Waals surface area contributed by atoms with Gasteiger partial charge >= 0.3 is 5.97 Å². The molecule has 5 heteroatoms. The van der Waals surface area contributed by atoms with Crippen LogP contribution < -0.4 is 9.92 Å². The van der Waals surface area contributed by atoms with Gasteiger partial charge < -0.3 is 14.2 Å². The lowest BCUT2D eigenvalue weighted by atomic mass is 10.2. The van der Waals surface area contributed by atoms with Crippen molar-refractivity contribution in [3.8, 4) is 5.75 Å². The monoisotopic (exact) mass is 398 g/mol. The van der Waals surface area contributed by atoms with Gasteiger partial charge in [0.05, 0.1) is 13.7 Å². The first kappa shape index (κ1) is 21.9. The molecule has 2 aromatic carbocycles. The van der Waals surface area contributed by atoms with E-state index in [0.717, 1.165) is 11.3 Å². The number of rotatable bonds is 9. The van der Waals surface area contributed by atoms with E-state index in [9.17, 15) is 4.79 Å². The molecule has 0 saturated heterocycles. The molecule has 0 aromatic heterocycles. The van der Waals surface area contributed by atoms with Crippen molar-refractivity contribution < 1.29 is 19.0 Å². The van der Waals surface area contributed by atoms with E-state index < -0.39 is 8.07 Å². The summed E-state index contributed by atoms with van der Waals surface area (Å²) in [5, 5.41) is 2.66. The Bertz CT molecular complexity index is 782. The zero-order chi connectivity index (χ0) is 20.6. The van der Waals surface area contributed by atoms with Gasteiger partial charge in [-0.1, -0.05) is 65.9 Å². The van der Waals surface area contributed by atoms with Crippen LogP contribution in [0.5, 0.6) is 5.75 Å². The van der Waals surface area contributed by atoms with E-state index in [0.29, 0.717) is 6.61 Å².